The quantitative estimate of drug-likeness (QED) is 0.830. The summed E-state index contributed by atoms with van der Waals surface area (Å²) in [5.74, 6) is -0.141. The van der Waals surface area contributed by atoms with Crippen molar-refractivity contribution in [2.24, 2.45) is 0 Å². The van der Waals surface area contributed by atoms with Gasteiger partial charge in [0.2, 0.25) is 0 Å². The van der Waals surface area contributed by atoms with Crippen molar-refractivity contribution in [1.29, 1.82) is 0 Å². The van der Waals surface area contributed by atoms with Crippen molar-refractivity contribution < 1.29 is 9.50 Å². The van der Waals surface area contributed by atoms with Crippen molar-refractivity contribution in [3.63, 3.8) is 0 Å². The average molecular weight is 283 g/mol. The number of hydrogen-bond donors (Lipinski definition) is 2. The second kappa shape index (κ2) is 6.73. The zero-order valence-electron chi connectivity index (χ0n) is 11.5. The van der Waals surface area contributed by atoms with E-state index in [9.17, 15) is 9.50 Å². The van der Waals surface area contributed by atoms with Crippen molar-refractivity contribution >= 4 is 11.8 Å². The minimum absolute atomic E-state index is 0.133. The molecule has 2 N–H and O–H groups in total. The van der Waals surface area contributed by atoms with Crippen LogP contribution in [0.2, 0.25) is 0 Å². The van der Waals surface area contributed by atoms with Crippen molar-refractivity contribution in [3.05, 3.63) is 29.6 Å². The number of aliphatic hydroxyl groups is 1. The Hall–Kier alpha value is -0.580. The molecule has 0 bridgehead atoms. The lowest BCUT2D eigenvalue weighted by Gasteiger charge is -2.29. The lowest BCUT2D eigenvalue weighted by Crippen LogP contribution is -2.36. The van der Waals surface area contributed by atoms with E-state index in [1.54, 1.807) is 6.07 Å². The Kier molecular flexibility index (Phi) is 5.25. The minimum atomic E-state index is -0.141. The normalized spacial score (nSPS) is 25.3. The maximum Gasteiger partial charge on any atom is 0.137 e. The highest BCUT2D eigenvalue weighted by atomic mass is 32.2. The van der Waals surface area contributed by atoms with E-state index in [1.807, 2.05) is 18.4 Å². The Labute approximate surface area is 118 Å². The highest BCUT2D eigenvalue weighted by molar-refractivity contribution is 7.98. The van der Waals surface area contributed by atoms with Gasteiger partial charge in [-0.2, -0.15) is 0 Å². The smallest absolute Gasteiger partial charge is 0.137 e. The van der Waals surface area contributed by atoms with Crippen LogP contribution in [0.4, 0.5) is 4.39 Å². The number of halogens is 1. The van der Waals surface area contributed by atoms with Gasteiger partial charge in [-0.3, -0.25) is 0 Å². The molecule has 1 aromatic rings. The fraction of sp³-hybridized carbons (Fsp3) is 0.600. The predicted octanol–water partition coefficient (Wildman–Crippen LogP) is 3.50. The Bertz CT molecular complexity index is 419. The Morgan fingerprint density at radius 3 is 2.58 bits per heavy atom. The molecule has 1 saturated carbocycles. The minimum Gasteiger partial charge on any atom is -0.393 e. The van der Waals surface area contributed by atoms with E-state index in [2.05, 4.69) is 12.2 Å². The van der Waals surface area contributed by atoms with E-state index < -0.39 is 0 Å². The molecule has 4 heteroatoms. The summed E-state index contributed by atoms with van der Waals surface area (Å²) in [5.41, 5.74) is 0.987. The molecule has 0 spiro atoms. The van der Waals surface area contributed by atoms with Crippen LogP contribution in [0.15, 0.2) is 23.1 Å². The molecule has 1 atom stereocenters. The first-order valence-electron chi connectivity index (χ1n) is 6.87. The molecule has 0 heterocycles. The van der Waals surface area contributed by atoms with Crippen LogP contribution >= 0.6 is 11.8 Å². The number of hydrogen-bond acceptors (Lipinski definition) is 3. The second-order valence-corrected chi connectivity index (χ2v) is 6.14. The zero-order chi connectivity index (χ0) is 13.8. The van der Waals surface area contributed by atoms with Gasteiger partial charge in [0.25, 0.3) is 0 Å². The Balaban J connectivity index is 1.96. The van der Waals surface area contributed by atoms with Gasteiger partial charge in [-0.05, 0) is 56.6 Å². The van der Waals surface area contributed by atoms with Crippen LogP contribution in [-0.2, 0) is 0 Å². The lowest BCUT2D eigenvalue weighted by molar-refractivity contribution is 0.114. The SMILES string of the molecule is CSc1ccc(C(C)NC2CCC(O)CC2)cc1F. The van der Waals surface area contributed by atoms with E-state index >= 15 is 0 Å². The van der Waals surface area contributed by atoms with Crippen LogP contribution in [0.25, 0.3) is 0 Å². The molecule has 2 nitrogen and oxygen atoms in total. The van der Waals surface area contributed by atoms with Crippen molar-refractivity contribution in [2.75, 3.05) is 6.26 Å². The Morgan fingerprint density at radius 2 is 2.00 bits per heavy atom. The number of aliphatic hydroxyl groups excluding tert-OH is 1. The molecule has 0 aliphatic heterocycles. The third-order valence-corrected chi connectivity index (χ3v) is 4.63. The molecule has 1 unspecified atom stereocenters. The topological polar surface area (TPSA) is 32.3 Å². The number of rotatable bonds is 4. The van der Waals surface area contributed by atoms with Crippen molar-refractivity contribution in [3.8, 4) is 0 Å². The first-order valence-corrected chi connectivity index (χ1v) is 8.10. The summed E-state index contributed by atoms with van der Waals surface area (Å²) in [6.45, 7) is 2.07. The van der Waals surface area contributed by atoms with Crippen LogP contribution < -0.4 is 5.32 Å². The summed E-state index contributed by atoms with van der Waals surface area (Å²) in [7, 11) is 0. The molecule has 0 saturated heterocycles. The molecule has 0 amide bonds. The van der Waals surface area contributed by atoms with Crippen LogP contribution in [-0.4, -0.2) is 23.5 Å². The number of nitrogens with one attached hydrogen (secondary N) is 1. The van der Waals surface area contributed by atoms with Gasteiger partial charge < -0.3 is 10.4 Å². The summed E-state index contributed by atoms with van der Waals surface area (Å²) >= 11 is 1.43. The summed E-state index contributed by atoms with van der Waals surface area (Å²) in [6, 6.07) is 6.04. The first-order chi connectivity index (χ1) is 9.10. The summed E-state index contributed by atoms with van der Waals surface area (Å²) in [6.07, 6.45) is 5.47. The van der Waals surface area contributed by atoms with Crippen LogP contribution in [0.3, 0.4) is 0 Å². The van der Waals surface area contributed by atoms with E-state index in [0.717, 1.165) is 31.2 Å². The van der Waals surface area contributed by atoms with Gasteiger partial charge in [0, 0.05) is 17.0 Å². The van der Waals surface area contributed by atoms with Crippen molar-refractivity contribution in [1.82, 2.24) is 5.32 Å². The van der Waals surface area contributed by atoms with Gasteiger partial charge in [-0.1, -0.05) is 6.07 Å². The monoisotopic (exact) mass is 283 g/mol. The summed E-state index contributed by atoms with van der Waals surface area (Å²) in [4.78, 5) is 0.691. The fourth-order valence-corrected chi connectivity index (χ4v) is 3.10. The van der Waals surface area contributed by atoms with E-state index in [-0.39, 0.29) is 18.0 Å². The predicted molar refractivity (Wildman–Crippen MR) is 78.0 cm³/mol. The first kappa shape index (κ1) is 14.8. The standard InChI is InChI=1S/C15H22FNOS/c1-10(17-12-4-6-13(18)7-5-12)11-3-8-15(19-2)14(16)9-11/h3,8-10,12-13,17-18H,4-7H2,1-2H3. The molecule has 1 fully saturated rings. The molecular weight excluding hydrogens is 261 g/mol. The zero-order valence-corrected chi connectivity index (χ0v) is 12.3. The largest absolute Gasteiger partial charge is 0.393 e. The summed E-state index contributed by atoms with van der Waals surface area (Å²) < 4.78 is 13.8. The fourth-order valence-electron chi connectivity index (χ4n) is 2.64. The molecular formula is C15H22FNOS. The maximum atomic E-state index is 13.8. The second-order valence-electron chi connectivity index (χ2n) is 5.29. The number of benzene rings is 1. The van der Waals surface area contributed by atoms with Gasteiger partial charge >= 0.3 is 0 Å². The molecule has 0 aromatic heterocycles. The molecule has 1 aromatic carbocycles. The highest BCUT2D eigenvalue weighted by Crippen LogP contribution is 2.25. The van der Waals surface area contributed by atoms with Gasteiger partial charge in [0.1, 0.15) is 5.82 Å². The summed E-state index contributed by atoms with van der Waals surface area (Å²) in [5, 5.41) is 13.0. The van der Waals surface area contributed by atoms with E-state index in [1.165, 1.54) is 11.8 Å². The average Bonchev–Trinajstić information content (AvgIpc) is 2.41. The molecule has 106 valence electrons. The van der Waals surface area contributed by atoms with Gasteiger partial charge in [0.05, 0.1) is 6.10 Å². The van der Waals surface area contributed by atoms with E-state index in [4.69, 9.17) is 0 Å². The van der Waals surface area contributed by atoms with E-state index in [0.29, 0.717) is 10.9 Å². The van der Waals surface area contributed by atoms with Gasteiger partial charge in [-0.25, -0.2) is 4.39 Å². The van der Waals surface area contributed by atoms with Crippen molar-refractivity contribution in [2.45, 2.75) is 55.7 Å². The van der Waals surface area contributed by atoms with Crippen LogP contribution in [0, 0.1) is 5.82 Å². The molecule has 19 heavy (non-hydrogen) atoms. The molecule has 1 aliphatic carbocycles. The van der Waals surface area contributed by atoms with Crippen LogP contribution in [0.5, 0.6) is 0 Å². The Morgan fingerprint density at radius 1 is 1.32 bits per heavy atom. The molecule has 0 radical (unpaired) electrons. The number of thioether (sulfide) groups is 1. The molecule has 1 aliphatic rings. The third kappa shape index (κ3) is 3.94. The lowest BCUT2D eigenvalue weighted by atomic mass is 9.92. The highest BCUT2D eigenvalue weighted by Gasteiger charge is 2.21. The molecule has 2 rings (SSSR count). The third-order valence-electron chi connectivity index (χ3n) is 3.86. The van der Waals surface area contributed by atoms with Gasteiger partial charge in [-0.15, -0.1) is 11.8 Å². The van der Waals surface area contributed by atoms with Gasteiger partial charge in [0.15, 0.2) is 0 Å². The van der Waals surface area contributed by atoms with Crippen LogP contribution in [0.1, 0.15) is 44.2 Å². The maximum absolute atomic E-state index is 13.8.